The predicted octanol–water partition coefficient (Wildman–Crippen LogP) is 2.48. The van der Waals surface area contributed by atoms with Gasteiger partial charge in [-0.25, -0.2) is 0 Å². The predicted molar refractivity (Wildman–Crippen MR) is 71.5 cm³/mol. The van der Waals surface area contributed by atoms with Gasteiger partial charge in [0.1, 0.15) is 5.54 Å². The molecule has 1 aromatic carbocycles. The molecule has 2 unspecified atom stereocenters. The van der Waals surface area contributed by atoms with Crippen LogP contribution in [0.15, 0.2) is 30.3 Å². The first-order valence-electron chi connectivity index (χ1n) is 6.57. The third kappa shape index (κ3) is 2.15. The Kier molecular flexibility index (Phi) is 4.02. The Hall–Kier alpha value is -1.35. The number of benzene rings is 1. The average Bonchev–Trinajstić information content (AvgIpc) is 2.47. The van der Waals surface area contributed by atoms with E-state index in [1.807, 2.05) is 25.2 Å². The number of ether oxygens (including phenoxy) is 1. The minimum absolute atomic E-state index is 0.140. The third-order valence-corrected chi connectivity index (χ3v) is 4.11. The number of hydrogen-bond donors (Lipinski definition) is 1. The van der Waals surface area contributed by atoms with Gasteiger partial charge in [-0.2, -0.15) is 0 Å². The molecule has 0 aromatic heterocycles. The molecule has 3 nitrogen and oxygen atoms in total. The Morgan fingerprint density at radius 2 is 2.06 bits per heavy atom. The maximum atomic E-state index is 12.2. The summed E-state index contributed by atoms with van der Waals surface area (Å²) in [6, 6.07) is 10.3. The van der Waals surface area contributed by atoms with E-state index in [1.54, 1.807) is 0 Å². The van der Waals surface area contributed by atoms with Crippen LogP contribution in [0.25, 0.3) is 0 Å². The number of likely N-dealkylation sites (N-methyl/N-ethyl adjacent to an activating group) is 1. The van der Waals surface area contributed by atoms with Crippen molar-refractivity contribution in [3.63, 3.8) is 0 Å². The molecule has 0 saturated heterocycles. The highest BCUT2D eigenvalue weighted by Gasteiger charge is 2.47. The summed E-state index contributed by atoms with van der Waals surface area (Å²) in [6.45, 7) is 0. The van der Waals surface area contributed by atoms with Crippen molar-refractivity contribution < 1.29 is 9.53 Å². The Morgan fingerprint density at radius 1 is 1.33 bits per heavy atom. The zero-order valence-electron chi connectivity index (χ0n) is 11.1. The van der Waals surface area contributed by atoms with E-state index in [-0.39, 0.29) is 11.9 Å². The molecular weight excluding hydrogens is 226 g/mol. The van der Waals surface area contributed by atoms with Crippen molar-refractivity contribution in [3.05, 3.63) is 35.9 Å². The molecule has 18 heavy (non-hydrogen) atoms. The van der Waals surface area contributed by atoms with E-state index in [2.05, 4.69) is 17.4 Å². The molecule has 1 aromatic rings. The van der Waals surface area contributed by atoms with E-state index in [0.717, 1.165) is 19.3 Å². The lowest BCUT2D eigenvalue weighted by Crippen LogP contribution is -2.56. The summed E-state index contributed by atoms with van der Waals surface area (Å²) in [5.74, 6) is 0.0588. The third-order valence-electron chi connectivity index (χ3n) is 4.11. The summed E-state index contributed by atoms with van der Waals surface area (Å²) in [6.07, 6.45) is 4.11. The fraction of sp³-hybridized carbons (Fsp3) is 0.533. The first-order chi connectivity index (χ1) is 8.74. The maximum absolute atomic E-state index is 12.2. The van der Waals surface area contributed by atoms with Crippen LogP contribution in [0.2, 0.25) is 0 Å². The van der Waals surface area contributed by atoms with Gasteiger partial charge >= 0.3 is 5.97 Å². The van der Waals surface area contributed by atoms with Crippen molar-refractivity contribution in [3.8, 4) is 0 Å². The number of esters is 1. The van der Waals surface area contributed by atoms with Gasteiger partial charge in [0.2, 0.25) is 0 Å². The average molecular weight is 247 g/mol. The Labute approximate surface area is 109 Å². The first-order valence-corrected chi connectivity index (χ1v) is 6.57. The van der Waals surface area contributed by atoms with Crippen molar-refractivity contribution in [1.29, 1.82) is 0 Å². The van der Waals surface area contributed by atoms with Gasteiger partial charge in [0.25, 0.3) is 0 Å². The molecule has 0 radical (unpaired) electrons. The van der Waals surface area contributed by atoms with Gasteiger partial charge in [-0.05, 0) is 25.5 Å². The molecule has 0 spiro atoms. The highest BCUT2D eigenvalue weighted by Crippen LogP contribution is 2.41. The molecule has 0 bridgehead atoms. The summed E-state index contributed by atoms with van der Waals surface area (Å²) in [5, 5.41) is 3.24. The fourth-order valence-corrected chi connectivity index (χ4v) is 3.14. The summed E-state index contributed by atoms with van der Waals surface area (Å²) < 4.78 is 5.03. The molecule has 1 aliphatic rings. The number of methoxy groups -OCH3 is 1. The Morgan fingerprint density at radius 3 is 2.67 bits per heavy atom. The Bertz CT molecular complexity index is 404. The van der Waals surface area contributed by atoms with Gasteiger partial charge < -0.3 is 10.1 Å². The number of nitrogens with one attached hydrogen (secondary N) is 1. The van der Waals surface area contributed by atoms with Gasteiger partial charge in [0, 0.05) is 5.92 Å². The molecule has 1 aliphatic carbocycles. The topological polar surface area (TPSA) is 38.3 Å². The monoisotopic (exact) mass is 247 g/mol. The second kappa shape index (κ2) is 5.53. The van der Waals surface area contributed by atoms with E-state index in [4.69, 9.17) is 4.74 Å². The lowest BCUT2D eigenvalue weighted by Gasteiger charge is -2.41. The number of carbonyl (C=O) groups is 1. The van der Waals surface area contributed by atoms with Crippen LogP contribution in [0.4, 0.5) is 0 Å². The van der Waals surface area contributed by atoms with Crippen LogP contribution in [-0.2, 0) is 9.53 Å². The minimum atomic E-state index is -0.561. The quantitative estimate of drug-likeness (QED) is 0.834. The van der Waals surface area contributed by atoms with Gasteiger partial charge in [-0.3, -0.25) is 4.79 Å². The highest BCUT2D eigenvalue weighted by atomic mass is 16.5. The van der Waals surface area contributed by atoms with E-state index in [1.165, 1.54) is 19.1 Å². The van der Waals surface area contributed by atoms with Crippen LogP contribution in [0.3, 0.4) is 0 Å². The Balaban J connectivity index is 2.38. The highest BCUT2D eigenvalue weighted by molar-refractivity contribution is 5.82. The van der Waals surface area contributed by atoms with Gasteiger partial charge in [-0.1, -0.05) is 43.2 Å². The van der Waals surface area contributed by atoms with Crippen molar-refractivity contribution in [2.75, 3.05) is 14.2 Å². The van der Waals surface area contributed by atoms with Crippen LogP contribution >= 0.6 is 0 Å². The second-order valence-electron chi connectivity index (χ2n) is 4.92. The molecule has 1 N–H and O–H groups in total. The van der Waals surface area contributed by atoms with Crippen LogP contribution in [0.1, 0.15) is 37.2 Å². The molecule has 98 valence electrons. The van der Waals surface area contributed by atoms with Gasteiger partial charge in [-0.15, -0.1) is 0 Å². The van der Waals surface area contributed by atoms with Crippen molar-refractivity contribution >= 4 is 5.97 Å². The van der Waals surface area contributed by atoms with Crippen molar-refractivity contribution in [2.24, 2.45) is 0 Å². The standard InChI is InChI=1S/C15H21NO2/c1-16-15(14(17)18-2)11-7-6-10-13(15)12-8-4-3-5-9-12/h3-5,8-9,13,16H,6-7,10-11H2,1-2H3. The molecule has 2 atom stereocenters. The maximum Gasteiger partial charge on any atom is 0.326 e. The summed E-state index contributed by atoms with van der Waals surface area (Å²) in [4.78, 5) is 12.2. The number of hydrogen-bond acceptors (Lipinski definition) is 3. The van der Waals surface area contributed by atoms with Crippen LogP contribution in [0.5, 0.6) is 0 Å². The normalized spacial score (nSPS) is 27.8. The van der Waals surface area contributed by atoms with Gasteiger partial charge in [0.05, 0.1) is 7.11 Å². The van der Waals surface area contributed by atoms with Crippen LogP contribution in [0, 0.1) is 0 Å². The van der Waals surface area contributed by atoms with E-state index >= 15 is 0 Å². The van der Waals surface area contributed by atoms with E-state index < -0.39 is 5.54 Å². The SMILES string of the molecule is CNC1(C(=O)OC)CCCCC1c1ccccc1. The lowest BCUT2D eigenvalue weighted by molar-refractivity contribution is -0.151. The zero-order chi connectivity index (χ0) is 13.0. The first kappa shape index (κ1) is 13.1. The van der Waals surface area contributed by atoms with Crippen LogP contribution < -0.4 is 5.32 Å². The second-order valence-corrected chi connectivity index (χ2v) is 4.92. The molecule has 1 fully saturated rings. The minimum Gasteiger partial charge on any atom is -0.468 e. The molecule has 2 rings (SSSR count). The van der Waals surface area contributed by atoms with E-state index in [0.29, 0.717) is 0 Å². The molecule has 3 heteroatoms. The largest absolute Gasteiger partial charge is 0.468 e. The molecule has 0 amide bonds. The molecular formula is C15H21NO2. The molecule has 1 saturated carbocycles. The smallest absolute Gasteiger partial charge is 0.326 e. The lowest BCUT2D eigenvalue weighted by atomic mass is 9.69. The number of carbonyl (C=O) groups excluding carboxylic acids is 1. The zero-order valence-corrected chi connectivity index (χ0v) is 11.1. The molecule has 0 heterocycles. The summed E-state index contributed by atoms with van der Waals surface area (Å²) in [5.41, 5.74) is 0.658. The van der Waals surface area contributed by atoms with Crippen molar-refractivity contribution in [2.45, 2.75) is 37.1 Å². The number of rotatable bonds is 3. The van der Waals surface area contributed by atoms with E-state index in [9.17, 15) is 4.79 Å². The molecule has 0 aliphatic heterocycles. The van der Waals surface area contributed by atoms with Gasteiger partial charge in [0.15, 0.2) is 0 Å². The summed E-state index contributed by atoms with van der Waals surface area (Å²) >= 11 is 0. The summed E-state index contributed by atoms with van der Waals surface area (Å²) in [7, 11) is 3.33. The fourth-order valence-electron chi connectivity index (χ4n) is 3.14. The van der Waals surface area contributed by atoms with Crippen LogP contribution in [-0.4, -0.2) is 25.7 Å². The van der Waals surface area contributed by atoms with Crippen molar-refractivity contribution in [1.82, 2.24) is 5.32 Å².